The number of carbonyl (C=O) groups is 3. The largest absolute Gasteiger partial charge is 0.444 e. The maximum absolute atomic E-state index is 13.3. The van der Waals surface area contributed by atoms with E-state index in [0.717, 1.165) is 5.56 Å². The van der Waals surface area contributed by atoms with E-state index in [2.05, 4.69) is 10.6 Å². The van der Waals surface area contributed by atoms with Crippen LogP contribution in [-0.2, 0) is 16.0 Å². The lowest BCUT2D eigenvalue weighted by Gasteiger charge is -2.35. The lowest BCUT2D eigenvalue weighted by Crippen LogP contribution is -2.54. The average molecular weight is 470 g/mol. The topological polar surface area (TPSA) is 87.7 Å². The van der Waals surface area contributed by atoms with Crippen molar-refractivity contribution in [2.24, 2.45) is 0 Å². The van der Waals surface area contributed by atoms with Crippen LogP contribution in [0.3, 0.4) is 0 Å². The highest BCUT2D eigenvalue weighted by atomic mass is 19.1. The molecule has 8 heteroatoms. The standard InChI is InChI=1S/C26H32FN3O4/c1-26(2,3)34-25(33)29-22(17-18-7-5-4-6-8-18)24(32)30-15-13-21(14-16-30)28-23(31)19-9-11-20(27)12-10-19/h4-12,21-22H,13-17H2,1-3H3,(H,28,31)(H,29,33). The molecular formula is C26H32FN3O4. The van der Waals surface area contributed by atoms with Crippen molar-refractivity contribution in [2.45, 2.75) is 57.7 Å². The van der Waals surface area contributed by atoms with Crippen molar-refractivity contribution in [2.75, 3.05) is 13.1 Å². The van der Waals surface area contributed by atoms with Crippen molar-refractivity contribution in [3.63, 3.8) is 0 Å². The van der Waals surface area contributed by atoms with Crippen molar-refractivity contribution in [3.8, 4) is 0 Å². The molecule has 0 aromatic heterocycles. The molecule has 2 N–H and O–H groups in total. The summed E-state index contributed by atoms with van der Waals surface area (Å²) in [5.74, 6) is -0.843. The molecule has 7 nitrogen and oxygen atoms in total. The van der Waals surface area contributed by atoms with Gasteiger partial charge in [0, 0.05) is 31.1 Å². The second kappa shape index (κ2) is 11.1. The van der Waals surface area contributed by atoms with E-state index >= 15 is 0 Å². The number of alkyl carbamates (subject to hydrolysis) is 1. The quantitative estimate of drug-likeness (QED) is 0.676. The van der Waals surface area contributed by atoms with Gasteiger partial charge in [0.1, 0.15) is 17.5 Å². The Morgan fingerprint density at radius 3 is 2.24 bits per heavy atom. The summed E-state index contributed by atoms with van der Waals surface area (Å²) < 4.78 is 18.4. The number of benzene rings is 2. The third-order valence-electron chi connectivity index (χ3n) is 5.52. The first-order valence-electron chi connectivity index (χ1n) is 11.5. The minimum Gasteiger partial charge on any atom is -0.444 e. The van der Waals surface area contributed by atoms with E-state index < -0.39 is 23.6 Å². The Bertz CT molecular complexity index is 981. The number of hydrogen-bond donors (Lipinski definition) is 2. The molecule has 0 radical (unpaired) electrons. The number of hydrogen-bond acceptors (Lipinski definition) is 4. The van der Waals surface area contributed by atoms with Crippen LogP contribution < -0.4 is 10.6 Å². The minimum absolute atomic E-state index is 0.0898. The maximum atomic E-state index is 13.3. The highest BCUT2D eigenvalue weighted by molar-refractivity contribution is 5.94. The number of halogens is 1. The number of rotatable bonds is 6. The molecule has 182 valence electrons. The molecule has 0 saturated carbocycles. The normalized spacial score (nSPS) is 15.4. The van der Waals surface area contributed by atoms with Gasteiger partial charge in [-0.3, -0.25) is 9.59 Å². The second-order valence-corrected chi connectivity index (χ2v) is 9.47. The molecule has 1 aliphatic rings. The van der Waals surface area contributed by atoms with Gasteiger partial charge in [-0.05, 0) is 63.4 Å². The van der Waals surface area contributed by atoms with Crippen molar-refractivity contribution >= 4 is 17.9 Å². The molecule has 1 saturated heterocycles. The van der Waals surface area contributed by atoms with E-state index in [4.69, 9.17) is 4.74 Å². The Kier molecular flexibility index (Phi) is 8.26. The fraction of sp³-hybridized carbons (Fsp3) is 0.423. The van der Waals surface area contributed by atoms with Gasteiger partial charge in [0.25, 0.3) is 5.91 Å². The molecule has 1 atom stereocenters. The van der Waals surface area contributed by atoms with E-state index in [-0.39, 0.29) is 17.9 Å². The SMILES string of the molecule is CC(C)(C)OC(=O)NC(Cc1ccccc1)C(=O)N1CCC(NC(=O)c2ccc(F)cc2)CC1. The highest BCUT2D eigenvalue weighted by Crippen LogP contribution is 2.15. The third-order valence-corrected chi connectivity index (χ3v) is 5.52. The van der Waals surface area contributed by atoms with E-state index in [1.807, 2.05) is 30.3 Å². The predicted octanol–water partition coefficient (Wildman–Crippen LogP) is 3.68. The number of amides is 3. The monoisotopic (exact) mass is 469 g/mol. The number of piperidine rings is 1. The molecule has 34 heavy (non-hydrogen) atoms. The van der Waals surface area contributed by atoms with Gasteiger partial charge < -0.3 is 20.3 Å². The fourth-order valence-corrected chi connectivity index (χ4v) is 3.83. The van der Waals surface area contributed by atoms with Gasteiger partial charge in [-0.2, -0.15) is 0 Å². The summed E-state index contributed by atoms with van der Waals surface area (Å²) in [5.41, 5.74) is 0.647. The van der Waals surface area contributed by atoms with Crippen LogP contribution in [0.1, 0.15) is 49.5 Å². The fourth-order valence-electron chi connectivity index (χ4n) is 3.83. The smallest absolute Gasteiger partial charge is 0.408 e. The molecule has 3 amide bonds. The van der Waals surface area contributed by atoms with Crippen LogP contribution in [0.2, 0.25) is 0 Å². The Labute approximate surface area is 199 Å². The first-order chi connectivity index (χ1) is 16.1. The summed E-state index contributed by atoms with van der Waals surface area (Å²) in [5, 5.41) is 5.69. The van der Waals surface area contributed by atoms with Crippen molar-refractivity contribution in [3.05, 3.63) is 71.5 Å². The van der Waals surface area contributed by atoms with Gasteiger partial charge in [-0.1, -0.05) is 30.3 Å². The molecule has 1 fully saturated rings. The average Bonchev–Trinajstić information content (AvgIpc) is 2.78. The Hall–Kier alpha value is -3.42. The molecule has 0 aliphatic carbocycles. The van der Waals surface area contributed by atoms with Gasteiger partial charge in [0.15, 0.2) is 0 Å². The van der Waals surface area contributed by atoms with Crippen LogP contribution in [0.15, 0.2) is 54.6 Å². The first-order valence-corrected chi connectivity index (χ1v) is 11.5. The van der Waals surface area contributed by atoms with E-state index in [1.54, 1.807) is 25.7 Å². The molecule has 3 rings (SSSR count). The molecule has 1 unspecified atom stereocenters. The summed E-state index contributed by atoms with van der Waals surface area (Å²) in [6, 6.07) is 14.0. The van der Waals surface area contributed by atoms with Gasteiger partial charge in [-0.15, -0.1) is 0 Å². The number of carbonyl (C=O) groups excluding carboxylic acids is 3. The van der Waals surface area contributed by atoms with Gasteiger partial charge in [0.05, 0.1) is 0 Å². The predicted molar refractivity (Wildman–Crippen MR) is 127 cm³/mol. The lowest BCUT2D eigenvalue weighted by atomic mass is 10.0. The Morgan fingerprint density at radius 1 is 1.03 bits per heavy atom. The summed E-state index contributed by atoms with van der Waals surface area (Å²) in [7, 11) is 0. The number of ether oxygens (including phenoxy) is 1. The minimum atomic E-state index is -0.761. The molecule has 2 aromatic rings. The van der Waals surface area contributed by atoms with Crippen LogP contribution in [0.25, 0.3) is 0 Å². The van der Waals surface area contributed by atoms with Crippen LogP contribution in [-0.4, -0.2) is 53.6 Å². The van der Waals surface area contributed by atoms with Crippen LogP contribution >= 0.6 is 0 Å². The van der Waals surface area contributed by atoms with E-state index in [1.165, 1.54) is 24.3 Å². The number of nitrogens with zero attached hydrogens (tertiary/aromatic N) is 1. The first kappa shape index (κ1) is 25.2. The molecule has 2 aromatic carbocycles. The zero-order valence-electron chi connectivity index (χ0n) is 19.8. The van der Waals surface area contributed by atoms with Crippen molar-refractivity contribution < 1.29 is 23.5 Å². The molecular weight excluding hydrogens is 437 g/mol. The Balaban J connectivity index is 1.59. The molecule has 1 heterocycles. The zero-order chi connectivity index (χ0) is 24.7. The summed E-state index contributed by atoms with van der Waals surface area (Å²) in [4.78, 5) is 39.8. The van der Waals surface area contributed by atoms with Gasteiger partial charge >= 0.3 is 6.09 Å². The zero-order valence-corrected chi connectivity index (χ0v) is 19.8. The maximum Gasteiger partial charge on any atom is 0.408 e. The summed E-state index contributed by atoms with van der Waals surface area (Å²) in [6.07, 6.45) is 0.884. The third kappa shape index (κ3) is 7.57. The van der Waals surface area contributed by atoms with Crippen LogP contribution in [0.4, 0.5) is 9.18 Å². The second-order valence-electron chi connectivity index (χ2n) is 9.47. The lowest BCUT2D eigenvalue weighted by molar-refractivity contribution is -0.134. The summed E-state index contributed by atoms with van der Waals surface area (Å²) >= 11 is 0. The molecule has 0 bridgehead atoms. The number of nitrogens with one attached hydrogen (secondary N) is 2. The van der Waals surface area contributed by atoms with Gasteiger partial charge in [0.2, 0.25) is 5.91 Å². The number of likely N-dealkylation sites (tertiary alicyclic amines) is 1. The highest BCUT2D eigenvalue weighted by Gasteiger charge is 2.31. The Morgan fingerprint density at radius 2 is 1.65 bits per heavy atom. The van der Waals surface area contributed by atoms with Crippen molar-refractivity contribution in [1.29, 1.82) is 0 Å². The van der Waals surface area contributed by atoms with Crippen LogP contribution in [0.5, 0.6) is 0 Å². The van der Waals surface area contributed by atoms with Gasteiger partial charge in [-0.25, -0.2) is 9.18 Å². The van der Waals surface area contributed by atoms with E-state index in [9.17, 15) is 18.8 Å². The molecule has 1 aliphatic heterocycles. The van der Waals surface area contributed by atoms with E-state index in [0.29, 0.717) is 37.9 Å². The van der Waals surface area contributed by atoms with Crippen LogP contribution in [0, 0.1) is 5.82 Å². The summed E-state index contributed by atoms with van der Waals surface area (Å²) in [6.45, 7) is 6.21. The molecule has 0 spiro atoms. The van der Waals surface area contributed by atoms with Crippen molar-refractivity contribution in [1.82, 2.24) is 15.5 Å².